The van der Waals surface area contributed by atoms with Crippen LogP contribution >= 0.6 is 0 Å². The Balaban J connectivity index is 2.51. The topological polar surface area (TPSA) is 59.1 Å². The summed E-state index contributed by atoms with van der Waals surface area (Å²) in [5, 5.41) is 10.6. The number of aliphatic hydroxyl groups is 1. The summed E-state index contributed by atoms with van der Waals surface area (Å²) in [7, 11) is 0. The van der Waals surface area contributed by atoms with E-state index in [0.717, 1.165) is 16.5 Å². The van der Waals surface area contributed by atoms with Gasteiger partial charge in [-0.05, 0) is 23.8 Å². The Morgan fingerprint density at radius 3 is 3.00 bits per heavy atom. The second-order valence-corrected chi connectivity index (χ2v) is 3.21. The van der Waals surface area contributed by atoms with Crippen LogP contribution in [0.2, 0.25) is 0 Å². The molecule has 0 fully saturated rings. The van der Waals surface area contributed by atoms with Crippen molar-refractivity contribution in [2.75, 3.05) is 6.54 Å². The highest BCUT2D eigenvalue weighted by molar-refractivity contribution is 5.78. The third-order valence-corrected chi connectivity index (χ3v) is 2.24. The third kappa shape index (κ3) is 1.60. The van der Waals surface area contributed by atoms with E-state index in [1.165, 1.54) is 0 Å². The van der Waals surface area contributed by atoms with Crippen LogP contribution in [0.25, 0.3) is 10.9 Å². The second kappa shape index (κ2) is 3.74. The lowest BCUT2D eigenvalue weighted by Gasteiger charge is -2.08. The standard InChI is InChI=1S/C11H12N2O/c12-7-11(14)9-3-4-10-8(6-9)2-1-5-13-10/h1-6,11,14H,7,12H2/t11-/m0/s1. The Morgan fingerprint density at radius 1 is 1.36 bits per heavy atom. The average Bonchev–Trinajstić information content (AvgIpc) is 2.27. The van der Waals surface area contributed by atoms with Crippen LogP contribution in [0.1, 0.15) is 11.7 Å². The first-order valence-electron chi connectivity index (χ1n) is 4.54. The molecule has 1 atom stereocenters. The number of fused-ring (bicyclic) bond motifs is 1. The molecule has 3 nitrogen and oxygen atoms in total. The van der Waals surface area contributed by atoms with Gasteiger partial charge in [-0.3, -0.25) is 4.98 Å². The number of aliphatic hydroxyl groups excluding tert-OH is 1. The van der Waals surface area contributed by atoms with E-state index in [0.29, 0.717) is 0 Å². The highest BCUT2D eigenvalue weighted by Crippen LogP contribution is 2.17. The number of nitrogens with two attached hydrogens (primary N) is 1. The van der Waals surface area contributed by atoms with E-state index in [-0.39, 0.29) is 6.54 Å². The predicted octanol–water partition coefficient (Wildman–Crippen LogP) is 1.23. The fraction of sp³-hybridized carbons (Fsp3) is 0.182. The van der Waals surface area contributed by atoms with E-state index < -0.39 is 6.10 Å². The van der Waals surface area contributed by atoms with Crippen molar-refractivity contribution in [1.29, 1.82) is 0 Å². The molecule has 0 saturated heterocycles. The lowest BCUT2D eigenvalue weighted by atomic mass is 10.1. The van der Waals surface area contributed by atoms with Crippen LogP contribution in [0.15, 0.2) is 36.5 Å². The van der Waals surface area contributed by atoms with Crippen LogP contribution in [0.3, 0.4) is 0 Å². The molecule has 3 heteroatoms. The molecule has 0 unspecified atom stereocenters. The number of hydrogen-bond donors (Lipinski definition) is 2. The van der Waals surface area contributed by atoms with Crippen molar-refractivity contribution in [3.63, 3.8) is 0 Å². The van der Waals surface area contributed by atoms with Gasteiger partial charge in [0, 0.05) is 18.1 Å². The second-order valence-electron chi connectivity index (χ2n) is 3.21. The molecule has 0 aliphatic heterocycles. The smallest absolute Gasteiger partial charge is 0.0912 e. The van der Waals surface area contributed by atoms with Gasteiger partial charge in [-0.2, -0.15) is 0 Å². The zero-order valence-corrected chi connectivity index (χ0v) is 7.72. The molecule has 0 aliphatic rings. The molecule has 0 saturated carbocycles. The summed E-state index contributed by atoms with van der Waals surface area (Å²) in [6, 6.07) is 9.51. The van der Waals surface area contributed by atoms with E-state index in [4.69, 9.17) is 5.73 Å². The third-order valence-electron chi connectivity index (χ3n) is 2.24. The van der Waals surface area contributed by atoms with E-state index in [9.17, 15) is 5.11 Å². The number of benzene rings is 1. The first-order valence-corrected chi connectivity index (χ1v) is 4.54. The Hall–Kier alpha value is -1.45. The highest BCUT2D eigenvalue weighted by Gasteiger charge is 2.05. The van der Waals surface area contributed by atoms with Gasteiger partial charge in [0.1, 0.15) is 0 Å². The molecule has 14 heavy (non-hydrogen) atoms. The monoisotopic (exact) mass is 188 g/mol. The molecule has 3 N–H and O–H groups in total. The molecule has 2 rings (SSSR count). The summed E-state index contributed by atoms with van der Waals surface area (Å²) in [6.45, 7) is 0.242. The van der Waals surface area contributed by atoms with Crippen molar-refractivity contribution in [2.24, 2.45) is 5.73 Å². The fourth-order valence-electron chi connectivity index (χ4n) is 1.44. The van der Waals surface area contributed by atoms with Gasteiger partial charge < -0.3 is 10.8 Å². The molecule has 1 heterocycles. The van der Waals surface area contributed by atoms with E-state index in [2.05, 4.69) is 4.98 Å². The molecular weight excluding hydrogens is 176 g/mol. The maximum Gasteiger partial charge on any atom is 0.0912 e. The SMILES string of the molecule is NC[C@H](O)c1ccc2ncccc2c1. The molecule has 0 aliphatic carbocycles. The van der Waals surface area contributed by atoms with Gasteiger partial charge in [0.15, 0.2) is 0 Å². The lowest BCUT2D eigenvalue weighted by Crippen LogP contribution is -2.11. The van der Waals surface area contributed by atoms with Crippen molar-refractivity contribution in [3.05, 3.63) is 42.1 Å². The Morgan fingerprint density at radius 2 is 2.21 bits per heavy atom. The Kier molecular flexibility index (Phi) is 2.43. The zero-order chi connectivity index (χ0) is 9.97. The molecular formula is C11H12N2O. The van der Waals surface area contributed by atoms with Gasteiger partial charge in [-0.25, -0.2) is 0 Å². The molecule has 72 valence electrons. The van der Waals surface area contributed by atoms with E-state index in [1.807, 2.05) is 30.3 Å². The summed E-state index contributed by atoms with van der Waals surface area (Å²) in [5.74, 6) is 0. The minimum atomic E-state index is -0.584. The maximum absolute atomic E-state index is 9.54. The van der Waals surface area contributed by atoms with E-state index in [1.54, 1.807) is 6.20 Å². The molecule has 2 aromatic rings. The number of rotatable bonds is 2. The maximum atomic E-state index is 9.54. The van der Waals surface area contributed by atoms with Crippen LogP contribution in [0.4, 0.5) is 0 Å². The van der Waals surface area contributed by atoms with Crippen molar-refractivity contribution in [1.82, 2.24) is 4.98 Å². The van der Waals surface area contributed by atoms with Gasteiger partial charge in [0.05, 0.1) is 11.6 Å². The Labute approximate surface area is 82.2 Å². The zero-order valence-electron chi connectivity index (χ0n) is 7.72. The first-order chi connectivity index (χ1) is 6.81. The lowest BCUT2D eigenvalue weighted by molar-refractivity contribution is 0.187. The number of hydrogen-bond acceptors (Lipinski definition) is 3. The van der Waals surface area contributed by atoms with Crippen molar-refractivity contribution in [2.45, 2.75) is 6.10 Å². The summed E-state index contributed by atoms with van der Waals surface area (Å²) in [4.78, 5) is 4.19. The quantitative estimate of drug-likeness (QED) is 0.745. The van der Waals surface area contributed by atoms with Gasteiger partial charge >= 0.3 is 0 Å². The summed E-state index contributed by atoms with van der Waals surface area (Å²) in [5.41, 5.74) is 7.15. The van der Waals surface area contributed by atoms with Crippen molar-refractivity contribution in [3.8, 4) is 0 Å². The van der Waals surface area contributed by atoms with Crippen LogP contribution in [0, 0.1) is 0 Å². The first kappa shape index (κ1) is 9.12. The minimum Gasteiger partial charge on any atom is -0.387 e. The van der Waals surface area contributed by atoms with Crippen LogP contribution in [-0.2, 0) is 0 Å². The molecule has 1 aromatic heterocycles. The van der Waals surface area contributed by atoms with Crippen LogP contribution in [0.5, 0.6) is 0 Å². The number of aromatic nitrogens is 1. The van der Waals surface area contributed by atoms with Crippen molar-refractivity contribution < 1.29 is 5.11 Å². The molecule has 0 bridgehead atoms. The van der Waals surface area contributed by atoms with Gasteiger partial charge in [0.25, 0.3) is 0 Å². The Bertz CT molecular complexity index is 442. The summed E-state index contributed by atoms with van der Waals surface area (Å²) >= 11 is 0. The normalized spacial score (nSPS) is 13.0. The van der Waals surface area contributed by atoms with Gasteiger partial charge in [-0.1, -0.05) is 12.1 Å². The summed E-state index contributed by atoms with van der Waals surface area (Å²) in [6.07, 6.45) is 1.17. The highest BCUT2D eigenvalue weighted by atomic mass is 16.3. The molecule has 0 radical (unpaired) electrons. The van der Waals surface area contributed by atoms with Gasteiger partial charge in [-0.15, -0.1) is 0 Å². The molecule has 1 aromatic carbocycles. The van der Waals surface area contributed by atoms with Gasteiger partial charge in [0.2, 0.25) is 0 Å². The largest absolute Gasteiger partial charge is 0.387 e. The van der Waals surface area contributed by atoms with Crippen LogP contribution < -0.4 is 5.73 Å². The fourth-order valence-corrected chi connectivity index (χ4v) is 1.44. The number of pyridine rings is 1. The minimum absolute atomic E-state index is 0.242. The molecule has 0 spiro atoms. The van der Waals surface area contributed by atoms with Crippen molar-refractivity contribution >= 4 is 10.9 Å². The predicted molar refractivity (Wildman–Crippen MR) is 55.8 cm³/mol. The van der Waals surface area contributed by atoms with E-state index >= 15 is 0 Å². The average molecular weight is 188 g/mol. The summed E-state index contributed by atoms with van der Waals surface area (Å²) < 4.78 is 0. The number of nitrogens with zero attached hydrogens (tertiary/aromatic N) is 1. The van der Waals surface area contributed by atoms with Crippen LogP contribution in [-0.4, -0.2) is 16.6 Å². The molecule has 0 amide bonds.